The Hall–Kier alpha value is -3.15. The Labute approximate surface area is 169 Å². The standard InChI is InChI=1S/C21H20N2O5S/c1-3-12-22-29(26,27)17-9-6-8-16(14-17)20(24)23-13-11-15-7-4-5-10-18(15)19(23)21(25)28-2/h1,4-10,14,19,22H,11-13H2,2H3. The first-order chi connectivity index (χ1) is 13.9. The average molecular weight is 412 g/mol. The number of ether oxygens (including phenoxy) is 1. The lowest BCUT2D eigenvalue weighted by atomic mass is 9.92. The van der Waals surface area contributed by atoms with Gasteiger partial charge in [-0.1, -0.05) is 36.3 Å². The summed E-state index contributed by atoms with van der Waals surface area (Å²) < 4.78 is 31.8. The molecular formula is C21H20N2O5S. The van der Waals surface area contributed by atoms with Gasteiger partial charge in [0, 0.05) is 12.1 Å². The summed E-state index contributed by atoms with van der Waals surface area (Å²) in [5.74, 6) is 1.19. The molecule has 1 unspecified atom stereocenters. The molecule has 2 aromatic carbocycles. The molecule has 2 aromatic rings. The highest BCUT2D eigenvalue weighted by Crippen LogP contribution is 2.32. The number of terminal acetylenes is 1. The third-order valence-corrected chi connectivity index (χ3v) is 6.12. The summed E-state index contributed by atoms with van der Waals surface area (Å²) in [4.78, 5) is 27.0. The summed E-state index contributed by atoms with van der Waals surface area (Å²) in [6, 6.07) is 12.1. The first-order valence-corrected chi connectivity index (χ1v) is 10.4. The van der Waals surface area contributed by atoms with Crippen molar-refractivity contribution in [1.82, 2.24) is 9.62 Å². The van der Waals surface area contributed by atoms with E-state index < -0.39 is 27.9 Å². The van der Waals surface area contributed by atoms with Gasteiger partial charge in [-0.2, -0.15) is 4.72 Å². The third kappa shape index (κ3) is 4.16. The minimum Gasteiger partial charge on any atom is -0.467 e. The van der Waals surface area contributed by atoms with Crippen LogP contribution in [0.5, 0.6) is 0 Å². The van der Waals surface area contributed by atoms with Crippen molar-refractivity contribution in [1.29, 1.82) is 0 Å². The van der Waals surface area contributed by atoms with E-state index in [0.717, 1.165) is 5.56 Å². The normalized spacial score (nSPS) is 15.9. The molecule has 7 nitrogen and oxygen atoms in total. The second-order valence-corrected chi connectivity index (χ2v) is 8.20. The molecule has 1 amide bonds. The van der Waals surface area contributed by atoms with E-state index >= 15 is 0 Å². The summed E-state index contributed by atoms with van der Waals surface area (Å²) >= 11 is 0. The molecule has 1 atom stereocenters. The molecule has 0 radical (unpaired) electrons. The molecule has 0 saturated heterocycles. The summed E-state index contributed by atoms with van der Waals surface area (Å²) in [7, 11) is -2.58. The number of methoxy groups -OCH3 is 1. The molecule has 1 aliphatic rings. The molecule has 3 rings (SSSR count). The Bertz CT molecular complexity index is 1090. The van der Waals surface area contributed by atoms with Gasteiger partial charge in [0.25, 0.3) is 5.91 Å². The van der Waals surface area contributed by atoms with Gasteiger partial charge in [-0.05, 0) is 35.7 Å². The van der Waals surface area contributed by atoms with Crippen molar-refractivity contribution in [2.24, 2.45) is 0 Å². The maximum Gasteiger partial charge on any atom is 0.333 e. The Kier molecular flexibility index (Phi) is 6.01. The van der Waals surface area contributed by atoms with Gasteiger partial charge in [-0.3, -0.25) is 4.79 Å². The van der Waals surface area contributed by atoms with Crippen LogP contribution in [0.15, 0.2) is 53.4 Å². The van der Waals surface area contributed by atoms with E-state index in [1.807, 2.05) is 12.1 Å². The van der Waals surface area contributed by atoms with Gasteiger partial charge in [-0.25, -0.2) is 13.2 Å². The second-order valence-electron chi connectivity index (χ2n) is 6.43. The van der Waals surface area contributed by atoms with E-state index in [-0.39, 0.29) is 17.0 Å². The van der Waals surface area contributed by atoms with Crippen LogP contribution in [0, 0.1) is 12.3 Å². The maximum absolute atomic E-state index is 13.2. The van der Waals surface area contributed by atoms with Crippen molar-refractivity contribution >= 4 is 21.9 Å². The number of hydrogen-bond donors (Lipinski definition) is 1. The molecule has 0 bridgehead atoms. The monoisotopic (exact) mass is 412 g/mol. The molecule has 0 fully saturated rings. The highest BCUT2D eigenvalue weighted by molar-refractivity contribution is 7.89. The SMILES string of the molecule is C#CCNS(=O)(=O)c1cccc(C(=O)N2CCc3ccccc3C2C(=O)OC)c1. The largest absolute Gasteiger partial charge is 0.467 e. The van der Waals surface area contributed by atoms with Crippen LogP contribution in [0.25, 0.3) is 0 Å². The van der Waals surface area contributed by atoms with Crippen LogP contribution in [-0.4, -0.2) is 45.4 Å². The number of amides is 1. The lowest BCUT2D eigenvalue weighted by molar-refractivity contribution is -0.146. The van der Waals surface area contributed by atoms with Crippen molar-refractivity contribution in [2.75, 3.05) is 20.2 Å². The molecule has 1 heterocycles. The van der Waals surface area contributed by atoms with E-state index in [1.165, 1.54) is 36.3 Å². The number of benzene rings is 2. The second kappa shape index (κ2) is 8.47. The van der Waals surface area contributed by atoms with Gasteiger partial charge < -0.3 is 9.64 Å². The first kappa shape index (κ1) is 20.6. The third-order valence-electron chi connectivity index (χ3n) is 4.72. The van der Waals surface area contributed by atoms with E-state index in [4.69, 9.17) is 11.2 Å². The van der Waals surface area contributed by atoms with Crippen LogP contribution in [-0.2, 0) is 26.0 Å². The van der Waals surface area contributed by atoms with Crippen LogP contribution >= 0.6 is 0 Å². The number of rotatable bonds is 5. The quantitative estimate of drug-likeness (QED) is 0.594. The zero-order valence-corrected chi connectivity index (χ0v) is 16.6. The lowest BCUT2D eigenvalue weighted by Crippen LogP contribution is -2.44. The van der Waals surface area contributed by atoms with E-state index in [1.54, 1.807) is 12.1 Å². The van der Waals surface area contributed by atoms with E-state index in [9.17, 15) is 18.0 Å². The first-order valence-electron chi connectivity index (χ1n) is 8.89. The van der Waals surface area contributed by atoms with Crippen LogP contribution in [0.2, 0.25) is 0 Å². The van der Waals surface area contributed by atoms with E-state index in [0.29, 0.717) is 18.5 Å². The highest BCUT2D eigenvalue weighted by Gasteiger charge is 2.37. The Balaban J connectivity index is 1.97. The Morgan fingerprint density at radius 1 is 1.24 bits per heavy atom. The fourth-order valence-corrected chi connectivity index (χ4v) is 4.31. The summed E-state index contributed by atoms with van der Waals surface area (Å²) in [6.45, 7) is 0.149. The predicted octanol–water partition coefficient (Wildman–Crippen LogP) is 1.51. The van der Waals surface area contributed by atoms with Gasteiger partial charge in [0.1, 0.15) is 0 Å². The highest BCUT2D eigenvalue weighted by atomic mass is 32.2. The van der Waals surface area contributed by atoms with Gasteiger partial charge in [0.2, 0.25) is 10.0 Å². The average Bonchev–Trinajstić information content (AvgIpc) is 2.76. The van der Waals surface area contributed by atoms with Crippen molar-refractivity contribution in [3.8, 4) is 12.3 Å². The minimum absolute atomic E-state index is 0.0781. The number of hydrogen-bond acceptors (Lipinski definition) is 5. The van der Waals surface area contributed by atoms with Gasteiger partial charge in [0.05, 0.1) is 18.6 Å². The minimum atomic E-state index is -3.85. The van der Waals surface area contributed by atoms with Gasteiger partial charge >= 0.3 is 5.97 Å². The fourth-order valence-electron chi connectivity index (χ4n) is 3.33. The smallest absolute Gasteiger partial charge is 0.333 e. The summed E-state index contributed by atoms with van der Waals surface area (Å²) in [6.07, 6.45) is 5.68. The van der Waals surface area contributed by atoms with Gasteiger partial charge in [0.15, 0.2) is 6.04 Å². The number of carbonyl (C=O) groups excluding carboxylic acids is 2. The fraction of sp³-hybridized carbons (Fsp3) is 0.238. The number of fused-ring (bicyclic) bond motifs is 1. The molecule has 0 aliphatic carbocycles. The topological polar surface area (TPSA) is 92.8 Å². The van der Waals surface area contributed by atoms with Crippen LogP contribution in [0.3, 0.4) is 0 Å². The molecule has 150 valence electrons. The lowest BCUT2D eigenvalue weighted by Gasteiger charge is -2.35. The maximum atomic E-state index is 13.2. The Morgan fingerprint density at radius 2 is 2.00 bits per heavy atom. The van der Waals surface area contributed by atoms with Crippen LogP contribution in [0.4, 0.5) is 0 Å². The molecule has 0 saturated carbocycles. The molecular weight excluding hydrogens is 392 g/mol. The molecule has 1 aliphatic heterocycles. The zero-order valence-electron chi connectivity index (χ0n) is 15.8. The van der Waals surface area contributed by atoms with Crippen LogP contribution in [0.1, 0.15) is 27.5 Å². The number of esters is 1. The molecule has 8 heteroatoms. The predicted molar refractivity (Wildman–Crippen MR) is 106 cm³/mol. The van der Waals surface area contributed by atoms with E-state index in [2.05, 4.69) is 10.6 Å². The Morgan fingerprint density at radius 3 is 2.72 bits per heavy atom. The molecule has 1 N–H and O–H groups in total. The van der Waals surface area contributed by atoms with Crippen molar-refractivity contribution in [3.63, 3.8) is 0 Å². The van der Waals surface area contributed by atoms with Gasteiger partial charge in [-0.15, -0.1) is 6.42 Å². The van der Waals surface area contributed by atoms with Crippen molar-refractivity contribution < 1.29 is 22.7 Å². The summed E-state index contributed by atoms with van der Waals surface area (Å²) in [5.41, 5.74) is 1.84. The molecule has 0 spiro atoms. The van der Waals surface area contributed by atoms with Crippen molar-refractivity contribution in [3.05, 3.63) is 65.2 Å². The molecule has 29 heavy (non-hydrogen) atoms. The number of nitrogens with zero attached hydrogens (tertiary/aromatic N) is 1. The zero-order chi connectivity index (χ0) is 21.0. The van der Waals surface area contributed by atoms with Crippen molar-refractivity contribution in [2.45, 2.75) is 17.4 Å². The number of carbonyl (C=O) groups is 2. The number of sulfonamides is 1. The molecule has 0 aromatic heterocycles. The van der Waals surface area contributed by atoms with Crippen LogP contribution < -0.4 is 4.72 Å². The number of nitrogens with one attached hydrogen (secondary N) is 1. The summed E-state index contributed by atoms with van der Waals surface area (Å²) in [5, 5.41) is 0.